The van der Waals surface area contributed by atoms with E-state index in [9.17, 15) is 14.4 Å². The molecular formula is C28H30N4O3. The number of hydrogen-bond donors (Lipinski definition) is 3. The van der Waals surface area contributed by atoms with E-state index in [4.69, 9.17) is 0 Å². The fourth-order valence-corrected chi connectivity index (χ4v) is 4.06. The lowest BCUT2D eigenvalue weighted by Crippen LogP contribution is -2.27. The van der Waals surface area contributed by atoms with Crippen LogP contribution in [0.4, 0.5) is 11.4 Å². The van der Waals surface area contributed by atoms with Gasteiger partial charge in [-0.1, -0.05) is 36.4 Å². The van der Waals surface area contributed by atoms with Gasteiger partial charge in [0.2, 0.25) is 5.91 Å². The third-order valence-electron chi connectivity index (χ3n) is 6.03. The molecule has 1 fully saturated rings. The normalized spacial score (nSPS) is 13.7. The molecule has 1 aliphatic heterocycles. The van der Waals surface area contributed by atoms with Crippen molar-refractivity contribution in [2.24, 2.45) is 0 Å². The minimum Gasteiger partial charge on any atom is -0.376 e. The molecule has 0 aromatic heterocycles. The molecule has 3 aromatic carbocycles. The molecule has 1 heterocycles. The van der Waals surface area contributed by atoms with Crippen molar-refractivity contribution in [1.29, 1.82) is 0 Å². The van der Waals surface area contributed by atoms with E-state index in [-0.39, 0.29) is 30.3 Å². The van der Waals surface area contributed by atoms with Gasteiger partial charge < -0.3 is 20.9 Å². The molecule has 1 atom stereocenters. The van der Waals surface area contributed by atoms with E-state index < -0.39 is 0 Å². The summed E-state index contributed by atoms with van der Waals surface area (Å²) >= 11 is 0. The van der Waals surface area contributed by atoms with Gasteiger partial charge in [-0.15, -0.1) is 0 Å². The first kappa shape index (κ1) is 24.0. The SMILES string of the molecule is CC(NC(=O)c1cccc(NCC(=O)Nc2ccc(C(=O)N3CCCC3)cc2)c1)c1ccccc1. The van der Waals surface area contributed by atoms with Gasteiger partial charge in [-0.3, -0.25) is 14.4 Å². The minimum absolute atomic E-state index is 0.0316. The molecule has 3 N–H and O–H groups in total. The Hall–Kier alpha value is -4.13. The summed E-state index contributed by atoms with van der Waals surface area (Å²) in [5, 5.41) is 8.88. The van der Waals surface area contributed by atoms with Crippen molar-refractivity contribution < 1.29 is 14.4 Å². The Balaban J connectivity index is 1.27. The van der Waals surface area contributed by atoms with Crippen molar-refractivity contribution in [3.63, 3.8) is 0 Å². The summed E-state index contributed by atoms with van der Waals surface area (Å²) in [5.74, 6) is -0.377. The second-order valence-electron chi connectivity index (χ2n) is 8.67. The number of anilines is 2. The number of benzene rings is 3. The van der Waals surface area contributed by atoms with E-state index in [1.54, 1.807) is 42.5 Å². The lowest BCUT2D eigenvalue weighted by Gasteiger charge is -2.15. The van der Waals surface area contributed by atoms with E-state index in [0.29, 0.717) is 22.5 Å². The van der Waals surface area contributed by atoms with E-state index in [1.165, 1.54) is 0 Å². The second kappa shape index (κ2) is 11.3. The predicted octanol–water partition coefficient (Wildman–Crippen LogP) is 4.46. The quantitative estimate of drug-likeness (QED) is 0.453. The number of amides is 3. The number of rotatable bonds is 8. The fraction of sp³-hybridized carbons (Fsp3) is 0.250. The topological polar surface area (TPSA) is 90.5 Å². The smallest absolute Gasteiger partial charge is 0.253 e. The number of hydrogen-bond acceptors (Lipinski definition) is 4. The molecule has 3 amide bonds. The summed E-state index contributed by atoms with van der Waals surface area (Å²) in [6.07, 6.45) is 2.10. The van der Waals surface area contributed by atoms with Crippen LogP contribution in [-0.2, 0) is 4.79 Å². The zero-order valence-electron chi connectivity index (χ0n) is 19.8. The van der Waals surface area contributed by atoms with Crippen LogP contribution in [-0.4, -0.2) is 42.3 Å². The third-order valence-corrected chi connectivity index (χ3v) is 6.03. The maximum Gasteiger partial charge on any atom is 0.253 e. The summed E-state index contributed by atoms with van der Waals surface area (Å²) in [7, 11) is 0. The van der Waals surface area contributed by atoms with Crippen LogP contribution in [0.15, 0.2) is 78.9 Å². The molecule has 0 bridgehead atoms. The van der Waals surface area contributed by atoms with E-state index in [2.05, 4.69) is 16.0 Å². The van der Waals surface area contributed by atoms with Crippen LogP contribution in [0.5, 0.6) is 0 Å². The molecule has 7 nitrogen and oxygen atoms in total. The number of carbonyl (C=O) groups excluding carboxylic acids is 3. The largest absolute Gasteiger partial charge is 0.376 e. The molecule has 1 saturated heterocycles. The maximum atomic E-state index is 12.7. The lowest BCUT2D eigenvalue weighted by molar-refractivity contribution is -0.114. The van der Waals surface area contributed by atoms with Crippen molar-refractivity contribution >= 4 is 29.1 Å². The lowest BCUT2D eigenvalue weighted by atomic mass is 10.1. The number of likely N-dealkylation sites (tertiary alicyclic amines) is 1. The van der Waals surface area contributed by atoms with Gasteiger partial charge in [0.05, 0.1) is 12.6 Å². The molecule has 1 unspecified atom stereocenters. The second-order valence-corrected chi connectivity index (χ2v) is 8.67. The van der Waals surface area contributed by atoms with Gasteiger partial charge >= 0.3 is 0 Å². The van der Waals surface area contributed by atoms with Crippen LogP contribution in [0.25, 0.3) is 0 Å². The van der Waals surface area contributed by atoms with Gasteiger partial charge in [0, 0.05) is 35.6 Å². The van der Waals surface area contributed by atoms with Crippen molar-refractivity contribution in [3.05, 3.63) is 95.6 Å². The molecule has 7 heteroatoms. The van der Waals surface area contributed by atoms with Crippen molar-refractivity contribution in [2.45, 2.75) is 25.8 Å². The molecule has 3 aromatic rings. The van der Waals surface area contributed by atoms with E-state index >= 15 is 0 Å². The zero-order valence-corrected chi connectivity index (χ0v) is 19.8. The standard InChI is InChI=1S/C28H30N4O3/c1-20(21-8-3-2-4-9-21)30-27(34)23-10-7-11-25(18-23)29-19-26(33)31-24-14-12-22(13-15-24)28(35)32-16-5-6-17-32/h2-4,7-15,18,20,29H,5-6,16-17,19H2,1H3,(H,30,34)(H,31,33). The van der Waals surface area contributed by atoms with Gasteiger partial charge in [-0.25, -0.2) is 0 Å². The first-order valence-corrected chi connectivity index (χ1v) is 11.9. The molecular weight excluding hydrogens is 440 g/mol. The Morgan fingerprint density at radius 2 is 1.54 bits per heavy atom. The fourth-order valence-electron chi connectivity index (χ4n) is 4.06. The minimum atomic E-state index is -0.226. The van der Waals surface area contributed by atoms with Gasteiger partial charge in [-0.2, -0.15) is 0 Å². The average Bonchev–Trinajstić information content (AvgIpc) is 3.43. The first-order chi connectivity index (χ1) is 17.0. The van der Waals surface area contributed by atoms with Crippen LogP contribution >= 0.6 is 0 Å². The van der Waals surface area contributed by atoms with Crippen LogP contribution in [0.3, 0.4) is 0 Å². The predicted molar refractivity (Wildman–Crippen MR) is 137 cm³/mol. The van der Waals surface area contributed by atoms with E-state index in [0.717, 1.165) is 31.5 Å². The van der Waals surface area contributed by atoms with Gasteiger partial charge in [0.15, 0.2) is 0 Å². The number of nitrogens with zero attached hydrogens (tertiary/aromatic N) is 1. The van der Waals surface area contributed by atoms with Crippen molar-refractivity contribution in [2.75, 3.05) is 30.3 Å². The Morgan fingerprint density at radius 3 is 2.26 bits per heavy atom. The van der Waals surface area contributed by atoms with Crippen molar-refractivity contribution in [1.82, 2.24) is 10.2 Å². The van der Waals surface area contributed by atoms with Crippen LogP contribution < -0.4 is 16.0 Å². The highest BCUT2D eigenvalue weighted by Gasteiger charge is 2.19. The Morgan fingerprint density at radius 1 is 0.829 bits per heavy atom. The maximum absolute atomic E-state index is 12.7. The number of carbonyl (C=O) groups is 3. The average molecular weight is 471 g/mol. The summed E-state index contributed by atoms with van der Waals surface area (Å²) in [6, 6.07) is 23.6. The highest BCUT2D eigenvalue weighted by Crippen LogP contribution is 2.17. The molecule has 0 saturated carbocycles. The summed E-state index contributed by atoms with van der Waals surface area (Å²) in [4.78, 5) is 39.4. The summed E-state index contributed by atoms with van der Waals surface area (Å²) < 4.78 is 0. The highest BCUT2D eigenvalue weighted by atomic mass is 16.2. The molecule has 0 spiro atoms. The third kappa shape index (κ3) is 6.47. The Bertz CT molecular complexity index is 1170. The summed E-state index contributed by atoms with van der Waals surface area (Å²) in [5.41, 5.74) is 3.46. The van der Waals surface area contributed by atoms with Crippen LogP contribution in [0.2, 0.25) is 0 Å². The molecule has 1 aliphatic rings. The van der Waals surface area contributed by atoms with Crippen LogP contribution in [0.1, 0.15) is 52.1 Å². The van der Waals surface area contributed by atoms with Gasteiger partial charge in [-0.05, 0) is 67.8 Å². The Labute approximate surface area is 205 Å². The molecule has 180 valence electrons. The van der Waals surface area contributed by atoms with Crippen molar-refractivity contribution in [3.8, 4) is 0 Å². The summed E-state index contributed by atoms with van der Waals surface area (Å²) in [6.45, 7) is 3.59. The van der Waals surface area contributed by atoms with Crippen LogP contribution in [0, 0.1) is 0 Å². The monoisotopic (exact) mass is 470 g/mol. The van der Waals surface area contributed by atoms with Gasteiger partial charge in [0.1, 0.15) is 0 Å². The highest BCUT2D eigenvalue weighted by molar-refractivity contribution is 5.97. The molecule has 35 heavy (non-hydrogen) atoms. The van der Waals surface area contributed by atoms with E-state index in [1.807, 2.05) is 48.2 Å². The first-order valence-electron chi connectivity index (χ1n) is 11.9. The molecule has 0 radical (unpaired) electrons. The zero-order chi connectivity index (χ0) is 24.6. The Kier molecular flexibility index (Phi) is 7.77. The molecule has 0 aliphatic carbocycles. The molecule has 4 rings (SSSR count). The van der Waals surface area contributed by atoms with Gasteiger partial charge in [0.25, 0.3) is 11.8 Å². The number of nitrogens with one attached hydrogen (secondary N) is 3.